The van der Waals surface area contributed by atoms with Crippen LogP contribution in [0.3, 0.4) is 0 Å². The fourth-order valence-corrected chi connectivity index (χ4v) is 2.26. The van der Waals surface area contributed by atoms with Gasteiger partial charge in [-0.05, 0) is 6.92 Å². The Balaban J connectivity index is 1.86. The number of nitrogens with zero attached hydrogens (tertiary/aromatic N) is 1. The molecule has 1 amide bonds. The molecule has 0 aliphatic rings. The molecule has 1 heterocycles. The van der Waals surface area contributed by atoms with E-state index in [9.17, 15) is 4.79 Å². The normalized spacial score (nSPS) is 12.9. The number of carbonyl (C=O) groups is 1. The van der Waals surface area contributed by atoms with Crippen molar-refractivity contribution in [1.82, 2.24) is 5.16 Å². The van der Waals surface area contributed by atoms with Gasteiger partial charge in [-0.3, -0.25) is 10.1 Å². The molecule has 0 spiro atoms. The highest BCUT2D eigenvalue weighted by Crippen LogP contribution is 2.23. The first-order chi connectivity index (χ1) is 10.7. The lowest BCUT2D eigenvalue weighted by molar-refractivity contribution is -0.885. The van der Waals surface area contributed by atoms with E-state index in [0.717, 1.165) is 17.1 Å². The lowest BCUT2D eigenvalue weighted by Crippen LogP contribution is -3.08. The number of benzene rings is 1. The zero-order valence-corrected chi connectivity index (χ0v) is 14.6. The quantitative estimate of drug-likeness (QED) is 0.886. The largest absolute Gasteiger partial charge is 0.338 e. The van der Waals surface area contributed by atoms with Gasteiger partial charge in [0.2, 0.25) is 5.88 Å². The van der Waals surface area contributed by atoms with Gasteiger partial charge >= 0.3 is 0 Å². The lowest BCUT2D eigenvalue weighted by atomic mass is 9.92. The SMILES string of the molecule is Cc1ccc(C[NH+](C)CC(=O)Nc2cc(C(C)(C)C)no2)cc1. The first kappa shape index (κ1) is 17.2. The van der Waals surface area contributed by atoms with Crippen LogP contribution in [-0.2, 0) is 16.8 Å². The number of aromatic nitrogens is 1. The number of carbonyl (C=O) groups excluding carboxylic acids is 1. The number of quaternary nitrogens is 1. The predicted molar refractivity (Wildman–Crippen MR) is 90.5 cm³/mol. The van der Waals surface area contributed by atoms with Crippen LogP contribution < -0.4 is 10.2 Å². The first-order valence-corrected chi connectivity index (χ1v) is 7.88. The minimum atomic E-state index is -0.0973. The molecule has 0 bridgehead atoms. The van der Waals surface area contributed by atoms with Crippen molar-refractivity contribution < 1.29 is 14.2 Å². The predicted octanol–water partition coefficient (Wildman–Crippen LogP) is 1.93. The maximum atomic E-state index is 12.1. The zero-order chi connectivity index (χ0) is 17.0. The number of hydrogen-bond acceptors (Lipinski definition) is 3. The Morgan fingerprint density at radius 2 is 1.91 bits per heavy atom. The molecular weight excluding hydrogens is 290 g/mol. The molecule has 5 nitrogen and oxygen atoms in total. The number of rotatable bonds is 5. The van der Waals surface area contributed by atoms with Crippen molar-refractivity contribution in [3.63, 3.8) is 0 Å². The van der Waals surface area contributed by atoms with Gasteiger partial charge in [-0.25, -0.2) is 0 Å². The second kappa shape index (κ2) is 6.96. The molecule has 0 aliphatic carbocycles. The standard InChI is InChI=1S/C18H25N3O2/c1-13-6-8-14(9-7-13)11-21(5)12-16(22)19-17-10-15(20-23-17)18(2,3)4/h6-10H,11-12H2,1-5H3,(H,19,22)/p+1. The fourth-order valence-electron chi connectivity index (χ4n) is 2.26. The van der Waals surface area contributed by atoms with Crippen molar-refractivity contribution in [2.24, 2.45) is 0 Å². The summed E-state index contributed by atoms with van der Waals surface area (Å²) < 4.78 is 5.18. The van der Waals surface area contributed by atoms with Crippen LogP contribution in [0.4, 0.5) is 5.88 Å². The second-order valence-corrected chi connectivity index (χ2v) is 7.17. The molecule has 0 saturated heterocycles. The van der Waals surface area contributed by atoms with Crippen molar-refractivity contribution in [2.45, 2.75) is 39.7 Å². The number of aryl methyl sites for hydroxylation is 1. The average Bonchev–Trinajstić information content (AvgIpc) is 2.89. The molecule has 1 atom stereocenters. The van der Waals surface area contributed by atoms with Crippen molar-refractivity contribution in [1.29, 1.82) is 0 Å². The number of anilines is 1. The van der Waals surface area contributed by atoms with Gasteiger partial charge in [0.1, 0.15) is 6.54 Å². The molecule has 0 aliphatic heterocycles. The minimum Gasteiger partial charge on any atom is -0.338 e. The van der Waals surface area contributed by atoms with E-state index < -0.39 is 0 Å². The van der Waals surface area contributed by atoms with Gasteiger partial charge in [-0.2, -0.15) is 0 Å². The Bertz CT molecular complexity index is 654. The van der Waals surface area contributed by atoms with Crippen molar-refractivity contribution >= 4 is 11.8 Å². The lowest BCUT2D eigenvalue weighted by Gasteiger charge is -2.13. The third-order valence-corrected chi connectivity index (χ3v) is 3.63. The Labute approximate surface area is 137 Å². The zero-order valence-electron chi connectivity index (χ0n) is 14.6. The third-order valence-electron chi connectivity index (χ3n) is 3.63. The Morgan fingerprint density at radius 1 is 1.26 bits per heavy atom. The van der Waals surface area contributed by atoms with Gasteiger partial charge in [0.15, 0.2) is 6.54 Å². The smallest absolute Gasteiger partial charge is 0.281 e. The molecular formula is C18H26N3O2+. The summed E-state index contributed by atoms with van der Waals surface area (Å²) in [5.74, 6) is 0.328. The average molecular weight is 316 g/mol. The summed E-state index contributed by atoms with van der Waals surface area (Å²) >= 11 is 0. The Kier molecular flexibility index (Phi) is 5.21. The second-order valence-electron chi connectivity index (χ2n) is 7.17. The van der Waals surface area contributed by atoms with E-state index >= 15 is 0 Å². The van der Waals surface area contributed by atoms with Crippen molar-refractivity contribution in [3.8, 4) is 0 Å². The summed E-state index contributed by atoms with van der Waals surface area (Å²) in [6.07, 6.45) is 0. The van der Waals surface area contributed by atoms with Crippen LogP contribution in [0, 0.1) is 6.92 Å². The molecule has 0 saturated carbocycles. The number of nitrogens with one attached hydrogen (secondary N) is 2. The summed E-state index contributed by atoms with van der Waals surface area (Å²) in [5.41, 5.74) is 3.19. The monoisotopic (exact) mass is 316 g/mol. The van der Waals surface area contributed by atoms with Crippen molar-refractivity contribution in [3.05, 3.63) is 47.2 Å². The minimum absolute atomic E-state index is 0.0776. The topological polar surface area (TPSA) is 59.6 Å². The summed E-state index contributed by atoms with van der Waals surface area (Å²) in [4.78, 5) is 13.2. The molecule has 5 heteroatoms. The van der Waals surface area contributed by atoms with E-state index in [-0.39, 0.29) is 11.3 Å². The molecule has 2 aromatic rings. The van der Waals surface area contributed by atoms with Crippen molar-refractivity contribution in [2.75, 3.05) is 18.9 Å². The van der Waals surface area contributed by atoms with Gasteiger partial charge in [-0.1, -0.05) is 55.8 Å². The van der Waals surface area contributed by atoms with Gasteiger partial charge in [0.05, 0.1) is 12.7 Å². The van der Waals surface area contributed by atoms with Gasteiger partial charge in [0.25, 0.3) is 5.91 Å². The Morgan fingerprint density at radius 3 is 2.48 bits per heavy atom. The van der Waals surface area contributed by atoms with E-state index in [2.05, 4.69) is 62.4 Å². The molecule has 0 radical (unpaired) electrons. The molecule has 23 heavy (non-hydrogen) atoms. The summed E-state index contributed by atoms with van der Waals surface area (Å²) in [6.45, 7) is 9.40. The van der Waals surface area contributed by atoms with E-state index in [0.29, 0.717) is 12.4 Å². The Hall–Kier alpha value is -2.14. The molecule has 124 valence electrons. The van der Waals surface area contributed by atoms with Crippen LogP contribution in [0.2, 0.25) is 0 Å². The fraction of sp³-hybridized carbons (Fsp3) is 0.444. The molecule has 2 N–H and O–H groups in total. The van der Waals surface area contributed by atoms with Crippen LogP contribution >= 0.6 is 0 Å². The van der Waals surface area contributed by atoms with E-state index in [1.54, 1.807) is 6.07 Å². The molecule has 1 aromatic heterocycles. The van der Waals surface area contributed by atoms with Gasteiger partial charge < -0.3 is 9.42 Å². The van der Waals surface area contributed by atoms with Crippen LogP contribution in [0.15, 0.2) is 34.9 Å². The highest BCUT2D eigenvalue weighted by atomic mass is 16.5. The molecule has 0 fully saturated rings. The molecule has 2 rings (SSSR count). The third kappa shape index (κ3) is 5.21. The van der Waals surface area contributed by atoms with E-state index in [1.807, 2.05) is 7.05 Å². The highest BCUT2D eigenvalue weighted by Gasteiger charge is 2.20. The van der Waals surface area contributed by atoms with Crippen LogP contribution in [0.5, 0.6) is 0 Å². The molecule has 1 unspecified atom stereocenters. The summed E-state index contributed by atoms with van der Waals surface area (Å²) in [5, 5.41) is 6.77. The first-order valence-electron chi connectivity index (χ1n) is 7.88. The number of likely N-dealkylation sites (N-methyl/N-ethyl adjacent to an activating group) is 1. The van der Waals surface area contributed by atoms with Crippen LogP contribution in [0.1, 0.15) is 37.6 Å². The van der Waals surface area contributed by atoms with Gasteiger partial charge in [-0.15, -0.1) is 0 Å². The van der Waals surface area contributed by atoms with E-state index in [1.165, 1.54) is 11.1 Å². The molecule has 1 aromatic carbocycles. The van der Waals surface area contributed by atoms with Gasteiger partial charge in [0, 0.05) is 17.0 Å². The maximum Gasteiger partial charge on any atom is 0.281 e. The highest BCUT2D eigenvalue weighted by molar-refractivity contribution is 5.90. The van der Waals surface area contributed by atoms with Crippen LogP contribution in [0.25, 0.3) is 0 Å². The summed E-state index contributed by atoms with van der Waals surface area (Å²) in [7, 11) is 2.00. The number of amides is 1. The summed E-state index contributed by atoms with van der Waals surface area (Å²) in [6, 6.07) is 10.2. The maximum absolute atomic E-state index is 12.1. The van der Waals surface area contributed by atoms with E-state index in [4.69, 9.17) is 4.52 Å². The van der Waals surface area contributed by atoms with Crippen LogP contribution in [-0.4, -0.2) is 24.7 Å². The number of hydrogen-bond donors (Lipinski definition) is 2.